The third-order valence-corrected chi connectivity index (χ3v) is 5.29. The molecule has 0 aliphatic rings. The van der Waals surface area contributed by atoms with Gasteiger partial charge in [-0.25, -0.2) is 4.98 Å². The second-order valence-electron chi connectivity index (χ2n) is 6.30. The second-order valence-corrected chi connectivity index (χ2v) is 7.63. The van der Waals surface area contributed by atoms with Crippen LogP contribution in [-0.2, 0) is 4.79 Å². The Hall–Kier alpha value is -2.86. The second kappa shape index (κ2) is 8.22. The van der Waals surface area contributed by atoms with E-state index in [-0.39, 0.29) is 11.5 Å². The molecule has 0 bridgehead atoms. The quantitative estimate of drug-likeness (QED) is 0.515. The van der Waals surface area contributed by atoms with Gasteiger partial charge in [-0.3, -0.25) is 9.59 Å². The summed E-state index contributed by atoms with van der Waals surface area (Å²) in [5.41, 5.74) is 4.16. The molecule has 0 spiro atoms. The molecule has 2 aromatic carbocycles. The predicted octanol–water partition coefficient (Wildman–Crippen LogP) is 4.17. The van der Waals surface area contributed by atoms with Gasteiger partial charge in [0.25, 0.3) is 5.56 Å². The van der Waals surface area contributed by atoms with E-state index in [0.29, 0.717) is 10.9 Å². The number of thioether (sulfide) groups is 1. The standard InChI is InChI=1S/C21H21N3O2S/c1-13-8-7-11-17(14(13)2)22-20(26)15(3)27-21-23-18(12-19(25)24-21)16-9-5-4-6-10-16/h4-12,15H,1-3H3,(H,22,26)(H,23,24,25). The van der Waals surface area contributed by atoms with Crippen LogP contribution in [-0.4, -0.2) is 21.1 Å². The highest BCUT2D eigenvalue weighted by Gasteiger charge is 2.17. The summed E-state index contributed by atoms with van der Waals surface area (Å²) < 4.78 is 0. The first-order valence-corrected chi connectivity index (χ1v) is 9.52. The maximum atomic E-state index is 12.6. The SMILES string of the molecule is Cc1cccc(NC(=O)C(C)Sc2nc(-c3ccccc3)cc(=O)[nH]2)c1C. The van der Waals surface area contributed by atoms with Crippen LogP contribution in [0, 0.1) is 13.8 Å². The van der Waals surface area contributed by atoms with Crippen LogP contribution in [0.3, 0.4) is 0 Å². The molecule has 1 aromatic heterocycles. The van der Waals surface area contributed by atoms with E-state index in [2.05, 4.69) is 15.3 Å². The van der Waals surface area contributed by atoms with E-state index in [9.17, 15) is 9.59 Å². The van der Waals surface area contributed by atoms with E-state index in [1.165, 1.54) is 17.8 Å². The maximum Gasteiger partial charge on any atom is 0.252 e. The van der Waals surface area contributed by atoms with Gasteiger partial charge in [0.2, 0.25) is 5.91 Å². The van der Waals surface area contributed by atoms with Crippen molar-refractivity contribution >= 4 is 23.4 Å². The lowest BCUT2D eigenvalue weighted by atomic mass is 10.1. The fourth-order valence-electron chi connectivity index (χ4n) is 2.59. The molecular formula is C21H21N3O2S. The number of benzene rings is 2. The fourth-order valence-corrected chi connectivity index (χ4v) is 3.40. The summed E-state index contributed by atoms with van der Waals surface area (Å²) in [6.45, 7) is 5.78. The topological polar surface area (TPSA) is 74.8 Å². The van der Waals surface area contributed by atoms with Crippen LogP contribution in [0.25, 0.3) is 11.3 Å². The number of aromatic amines is 1. The van der Waals surface area contributed by atoms with Gasteiger partial charge in [-0.15, -0.1) is 0 Å². The van der Waals surface area contributed by atoms with Crippen molar-refractivity contribution in [3.63, 3.8) is 0 Å². The number of nitrogens with one attached hydrogen (secondary N) is 2. The number of nitrogens with zero attached hydrogens (tertiary/aromatic N) is 1. The largest absolute Gasteiger partial charge is 0.325 e. The average molecular weight is 379 g/mol. The molecule has 1 unspecified atom stereocenters. The lowest BCUT2D eigenvalue weighted by Crippen LogP contribution is -2.23. The lowest BCUT2D eigenvalue weighted by molar-refractivity contribution is -0.115. The number of hydrogen-bond acceptors (Lipinski definition) is 4. The third-order valence-electron chi connectivity index (χ3n) is 4.31. The Balaban J connectivity index is 1.76. The van der Waals surface area contributed by atoms with Crippen LogP contribution in [0.15, 0.2) is 64.5 Å². The zero-order valence-electron chi connectivity index (χ0n) is 15.4. The zero-order chi connectivity index (χ0) is 19.4. The van der Waals surface area contributed by atoms with Crippen molar-refractivity contribution in [3.8, 4) is 11.3 Å². The zero-order valence-corrected chi connectivity index (χ0v) is 16.3. The average Bonchev–Trinajstić information content (AvgIpc) is 2.65. The summed E-state index contributed by atoms with van der Waals surface area (Å²) >= 11 is 1.23. The van der Waals surface area contributed by atoms with Crippen LogP contribution in [0.1, 0.15) is 18.1 Å². The molecule has 0 fully saturated rings. The Bertz CT molecular complexity index is 1020. The summed E-state index contributed by atoms with van der Waals surface area (Å²) in [6.07, 6.45) is 0. The van der Waals surface area contributed by atoms with Gasteiger partial charge in [0.05, 0.1) is 10.9 Å². The molecule has 1 heterocycles. The molecule has 0 aliphatic heterocycles. The Morgan fingerprint density at radius 3 is 2.59 bits per heavy atom. The minimum absolute atomic E-state index is 0.138. The van der Waals surface area contributed by atoms with Crippen LogP contribution in [0.2, 0.25) is 0 Å². The summed E-state index contributed by atoms with van der Waals surface area (Å²) in [4.78, 5) is 31.8. The third kappa shape index (κ3) is 4.65. The van der Waals surface area contributed by atoms with Crippen molar-refractivity contribution in [1.29, 1.82) is 0 Å². The number of amides is 1. The predicted molar refractivity (Wildman–Crippen MR) is 110 cm³/mol. The van der Waals surface area contributed by atoms with Gasteiger partial charge >= 0.3 is 0 Å². The molecule has 2 N–H and O–H groups in total. The Morgan fingerprint density at radius 2 is 1.85 bits per heavy atom. The van der Waals surface area contributed by atoms with Gasteiger partial charge in [0, 0.05) is 17.3 Å². The molecule has 5 nitrogen and oxygen atoms in total. The summed E-state index contributed by atoms with van der Waals surface area (Å²) in [5.74, 6) is -0.138. The van der Waals surface area contributed by atoms with E-state index < -0.39 is 5.25 Å². The molecule has 138 valence electrons. The number of rotatable bonds is 5. The monoisotopic (exact) mass is 379 g/mol. The number of aryl methyl sites for hydroxylation is 1. The Kier molecular flexibility index (Phi) is 5.76. The van der Waals surface area contributed by atoms with E-state index in [1.807, 2.05) is 62.4 Å². The first-order chi connectivity index (χ1) is 12.9. The first kappa shape index (κ1) is 18.9. The van der Waals surface area contributed by atoms with Crippen molar-refractivity contribution in [1.82, 2.24) is 9.97 Å². The molecule has 0 radical (unpaired) electrons. The molecule has 0 saturated heterocycles. The minimum atomic E-state index is -0.418. The highest BCUT2D eigenvalue weighted by molar-refractivity contribution is 8.00. The smallest absolute Gasteiger partial charge is 0.252 e. The number of carbonyl (C=O) groups excluding carboxylic acids is 1. The lowest BCUT2D eigenvalue weighted by Gasteiger charge is -2.14. The van der Waals surface area contributed by atoms with Crippen molar-refractivity contribution < 1.29 is 4.79 Å². The van der Waals surface area contributed by atoms with Crippen molar-refractivity contribution in [2.75, 3.05) is 5.32 Å². The van der Waals surface area contributed by atoms with Gasteiger partial charge in [-0.05, 0) is 38.0 Å². The number of aromatic nitrogens is 2. The molecule has 1 amide bonds. The van der Waals surface area contributed by atoms with Crippen molar-refractivity contribution in [3.05, 3.63) is 76.1 Å². The van der Waals surface area contributed by atoms with E-state index in [0.717, 1.165) is 22.4 Å². The molecule has 27 heavy (non-hydrogen) atoms. The molecular weight excluding hydrogens is 358 g/mol. The number of H-pyrrole nitrogens is 1. The number of anilines is 1. The first-order valence-electron chi connectivity index (χ1n) is 8.64. The Morgan fingerprint density at radius 1 is 1.11 bits per heavy atom. The molecule has 3 rings (SSSR count). The van der Waals surface area contributed by atoms with Crippen molar-refractivity contribution in [2.45, 2.75) is 31.2 Å². The van der Waals surface area contributed by atoms with E-state index >= 15 is 0 Å². The van der Waals surface area contributed by atoms with E-state index in [4.69, 9.17) is 0 Å². The molecule has 0 saturated carbocycles. The van der Waals surface area contributed by atoms with Crippen LogP contribution < -0.4 is 10.9 Å². The summed E-state index contributed by atoms with van der Waals surface area (Å²) in [5, 5.41) is 2.96. The molecule has 0 aliphatic carbocycles. The molecule has 6 heteroatoms. The van der Waals surface area contributed by atoms with Gasteiger partial charge < -0.3 is 10.3 Å². The van der Waals surface area contributed by atoms with Gasteiger partial charge in [-0.2, -0.15) is 0 Å². The fraction of sp³-hybridized carbons (Fsp3) is 0.190. The number of carbonyl (C=O) groups is 1. The summed E-state index contributed by atoms with van der Waals surface area (Å²) in [6, 6.07) is 16.8. The Labute approximate surface area is 162 Å². The minimum Gasteiger partial charge on any atom is -0.325 e. The summed E-state index contributed by atoms with van der Waals surface area (Å²) in [7, 11) is 0. The number of hydrogen-bond donors (Lipinski definition) is 2. The van der Waals surface area contributed by atoms with Crippen LogP contribution in [0.4, 0.5) is 5.69 Å². The molecule has 3 aromatic rings. The van der Waals surface area contributed by atoms with Crippen LogP contribution in [0.5, 0.6) is 0 Å². The normalized spacial score (nSPS) is 11.8. The van der Waals surface area contributed by atoms with Gasteiger partial charge in [0.1, 0.15) is 0 Å². The maximum absolute atomic E-state index is 12.6. The van der Waals surface area contributed by atoms with Gasteiger partial charge in [-0.1, -0.05) is 54.2 Å². The van der Waals surface area contributed by atoms with Crippen LogP contribution >= 0.6 is 11.8 Å². The highest BCUT2D eigenvalue weighted by atomic mass is 32.2. The highest BCUT2D eigenvalue weighted by Crippen LogP contribution is 2.24. The molecule has 1 atom stereocenters. The van der Waals surface area contributed by atoms with E-state index in [1.54, 1.807) is 6.92 Å². The van der Waals surface area contributed by atoms with Gasteiger partial charge in [0.15, 0.2) is 5.16 Å². The van der Waals surface area contributed by atoms with Crippen molar-refractivity contribution in [2.24, 2.45) is 0 Å².